The van der Waals surface area contributed by atoms with Gasteiger partial charge in [-0.25, -0.2) is 4.21 Å². The Labute approximate surface area is 164 Å². The Morgan fingerprint density at radius 2 is 1.93 bits per heavy atom. The highest BCUT2D eigenvalue weighted by Gasteiger charge is 2.20. The third-order valence-electron chi connectivity index (χ3n) is 5.10. The number of piperazine rings is 1. The molecule has 1 saturated heterocycles. The molecule has 7 nitrogen and oxygen atoms in total. The largest absolute Gasteiger partial charge is 0.482 e. The summed E-state index contributed by atoms with van der Waals surface area (Å²) in [5, 5.41) is 7.23. The summed E-state index contributed by atoms with van der Waals surface area (Å²) in [7, 11) is -1.43. The molecular formula is C20H20N4O3S. The molecule has 3 heterocycles. The summed E-state index contributed by atoms with van der Waals surface area (Å²) in [4.78, 5) is 14.5. The molecule has 144 valence electrons. The number of hydrogen-bond acceptors (Lipinski definition) is 5. The number of anilines is 2. The number of aromatic nitrogens is 1. The molecule has 1 unspecified atom stereocenters. The number of ether oxygens (including phenoxy) is 1. The van der Waals surface area contributed by atoms with E-state index in [0.29, 0.717) is 16.3 Å². The molecule has 2 aliphatic rings. The van der Waals surface area contributed by atoms with Crippen LogP contribution in [-0.2, 0) is 15.8 Å². The van der Waals surface area contributed by atoms with Crippen molar-refractivity contribution in [1.82, 2.24) is 9.29 Å². The van der Waals surface area contributed by atoms with Gasteiger partial charge in [-0.3, -0.25) is 8.77 Å². The van der Waals surface area contributed by atoms with Crippen molar-refractivity contribution < 1.29 is 13.7 Å². The van der Waals surface area contributed by atoms with Crippen LogP contribution in [0.15, 0.2) is 53.6 Å². The summed E-state index contributed by atoms with van der Waals surface area (Å²) >= 11 is 0. The Bertz CT molecular complexity index is 1090. The van der Waals surface area contributed by atoms with Gasteiger partial charge in [0, 0.05) is 43.4 Å². The number of hydrogen-bond donors (Lipinski definition) is 2. The first-order valence-electron chi connectivity index (χ1n) is 9.25. The highest BCUT2D eigenvalue weighted by Crippen LogP contribution is 2.32. The lowest BCUT2D eigenvalue weighted by atomic mass is 10.2. The van der Waals surface area contributed by atoms with E-state index in [1.807, 2.05) is 24.4 Å². The fraction of sp³-hybridized carbons (Fsp3) is 0.250. The maximum atomic E-state index is 13.3. The molecule has 5 rings (SSSR count). The van der Waals surface area contributed by atoms with Crippen molar-refractivity contribution in [2.75, 3.05) is 43.0 Å². The second kappa shape index (κ2) is 6.96. The minimum Gasteiger partial charge on any atom is -0.482 e. The van der Waals surface area contributed by atoms with Crippen LogP contribution in [-0.4, -0.2) is 46.9 Å². The third kappa shape index (κ3) is 2.94. The molecule has 0 bridgehead atoms. The lowest BCUT2D eigenvalue weighted by Crippen LogP contribution is -2.43. The Kier molecular flexibility index (Phi) is 4.29. The van der Waals surface area contributed by atoms with Gasteiger partial charge in [0.2, 0.25) is 0 Å². The SMILES string of the molecule is O=C1COc2ccc(S(=O)n3ccc4c(N5CCNCC5)cccc43)cc2N1. The molecule has 0 aliphatic carbocycles. The molecule has 28 heavy (non-hydrogen) atoms. The predicted molar refractivity (Wildman–Crippen MR) is 109 cm³/mol. The number of carbonyl (C=O) groups is 1. The Morgan fingerprint density at radius 1 is 1.07 bits per heavy atom. The minimum atomic E-state index is -1.43. The van der Waals surface area contributed by atoms with E-state index in [4.69, 9.17) is 4.74 Å². The lowest BCUT2D eigenvalue weighted by Gasteiger charge is -2.30. The zero-order valence-corrected chi connectivity index (χ0v) is 16.0. The summed E-state index contributed by atoms with van der Waals surface area (Å²) in [6.07, 6.45) is 1.86. The number of benzene rings is 2. The first-order chi connectivity index (χ1) is 13.7. The van der Waals surface area contributed by atoms with Crippen molar-refractivity contribution in [2.24, 2.45) is 0 Å². The molecule has 1 aromatic heterocycles. The van der Waals surface area contributed by atoms with Crippen LogP contribution in [0, 0.1) is 0 Å². The topological polar surface area (TPSA) is 75.6 Å². The normalized spacial score (nSPS) is 17.7. The summed E-state index contributed by atoms with van der Waals surface area (Å²) < 4.78 is 20.4. The van der Waals surface area contributed by atoms with Gasteiger partial charge >= 0.3 is 0 Å². The molecule has 0 radical (unpaired) electrons. The zero-order valence-electron chi connectivity index (χ0n) is 15.2. The number of nitrogens with one attached hydrogen (secondary N) is 2. The van der Waals surface area contributed by atoms with E-state index in [1.165, 1.54) is 5.69 Å². The summed E-state index contributed by atoms with van der Waals surface area (Å²) in [6, 6.07) is 13.4. The van der Waals surface area contributed by atoms with E-state index in [1.54, 1.807) is 22.2 Å². The number of nitrogens with zero attached hydrogens (tertiary/aromatic N) is 2. The van der Waals surface area contributed by atoms with E-state index >= 15 is 0 Å². The smallest absolute Gasteiger partial charge is 0.262 e. The van der Waals surface area contributed by atoms with Gasteiger partial charge < -0.3 is 20.3 Å². The summed E-state index contributed by atoms with van der Waals surface area (Å²) in [5.41, 5.74) is 2.65. The van der Waals surface area contributed by atoms with Gasteiger partial charge in [0.25, 0.3) is 5.91 Å². The van der Waals surface area contributed by atoms with Crippen LogP contribution >= 0.6 is 0 Å². The van der Waals surface area contributed by atoms with E-state index in [0.717, 1.165) is 37.1 Å². The van der Waals surface area contributed by atoms with Crippen molar-refractivity contribution in [3.63, 3.8) is 0 Å². The molecule has 1 amide bonds. The van der Waals surface area contributed by atoms with E-state index < -0.39 is 11.0 Å². The molecule has 0 saturated carbocycles. The Balaban J connectivity index is 1.52. The van der Waals surface area contributed by atoms with E-state index in [9.17, 15) is 9.00 Å². The van der Waals surface area contributed by atoms with Crippen LogP contribution in [0.2, 0.25) is 0 Å². The lowest BCUT2D eigenvalue weighted by molar-refractivity contribution is -0.118. The van der Waals surface area contributed by atoms with Gasteiger partial charge in [-0.05, 0) is 36.4 Å². The molecule has 2 aliphatic heterocycles. The zero-order chi connectivity index (χ0) is 19.1. The van der Waals surface area contributed by atoms with Crippen molar-refractivity contribution in [3.05, 3.63) is 48.7 Å². The van der Waals surface area contributed by atoms with Crippen molar-refractivity contribution in [2.45, 2.75) is 4.90 Å². The van der Waals surface area contributed by atoms with Gasteiger partial charge in [-0.1, -0.05) is 6.07 Å². The first kappa shape index (κ1) is 17.3. The number of amides is 1. The van der Waals surface area contributed by atoms with Crippen LogP contribution < -0.4 is 20.3 Å². The highest BCUT2D eigenvalue weighted by molar-refractivity contribution is 7.83. The summed E-state index contributed by atoms with van der Waals surface area (Å²) in [5.74, 6) is 0.390. The molecule has 2 N–H and O–H groups in total. The minimum absolute atomic E-state index is 0.00642. The van der Waals surface area contributed by atoms with Gasteiger partial charge in [0.15, 0.2) is 17.6 Å². The van der Waals surface area contributed by atoms with Crippen LogP contribution in [0.5, 0.6) is 5.75 Å². The van der Waals surface area contributed by atoms with Gasteiger partial charge in [-0.2, -0.15) is 0 Å². The second-order valence-corrected chi connectivity index (χ2v) is 8.20. The van der Waals surface area contributed by atoms with Crippen molar-refractivity contribution in [1.29, 1.82) is 0 Å². The Morgan fingerprint density at radius 3 is 2.79 bits per heavy atom. The summed E-state index contributed by atoms with van der Waals surface area (Å²) in [6.45, 7) is 3.85. The van der Waals surface area contributed by atoms with E-state index in [2.05, 4.69) is 21.6 Å². The van der Waals surface area contributed by atoms with Crippen molar-refractivity contribution >= 4 is 39.2 Å². The molecule has 8 heteroatoms. The average molecular weight is 396 g/mol. The number of rotatable bonds is 3. The molecule has 1 fully saturated rings. The van der Waals surface area contributed by atoms with Crippen LogP contribution in [0.3, 0.4) is 0 Å². The number of carbonyl (C=O) groups excluding carboxylic acids is 1. The molecule has 1 atom stereocenters. The molecular weight excluding hydrogens is 376 g/mol. The first-order valence-corrected chi connectivity index (χ1v) is 10.4. The van der Waals surface area contributed by atoms with Gasteiger partial charge in [-0.15, -0.1) is 0 Å². The van der Waals surface area contributed by atoms with Crippen LogP contribution in [0.25, 0.3) is 10.9 Å². The van der Waals surface area contributed by atoms with Crippen molar-refractivity contribution in [3.8, 4) is 5.75 Å². The average Bonchev–Trinajstić information content (AvgIpc) is 3.17. The number of fused-ring (bicyclic) bond motifs is 2. The molecule has 2 aromatic carbocycles. The predicted octanol–water partition coefficient (Wildman–Crippen LogP) is 1.95. The Hall–Kier alpha value is -2.84. The van der Waals surface area contributed by atoms with Crippen LogP contribution in [0.4, 0.5) is 11.4 Å². The van der Waals surface area contributed by atoms with Gasteiger partial charge in [0.05, 0.1) is 16.1 Å². The maximum Gasteiger partial charge on any atom is 0.262 e. The quantitative estimate of drug-likeness (QED) is 0.708. The molecule has 3 aromatic rings. The van der Waals surface area contributed by atoms with E-state index in [-0.39, 0.29) is 12.5 Å². The standard InChI is InChI=1S/C20H20N4O3S/c25-20-13-27-19-5-4-14(12-16(19)22-20)28(26)24-9-6-15-17(2-1-3-18(15)24)23-10-7-21-8-11-23/h1-6,9,12,21H,7-8,10-11,13H2,(H,22,25). The second-order valence-electron chi connectivity index (χ2n) is 6.83. The highest BCUT2D eigenvalue weighted by atomic mass is 32.2. The third-order valence-corrected chi connectivity index (χ3v) is 6.43. The van der Waals surface area contributed by atoms with Gasteiger partial charge in [0.1, 0.15) is 5.75 Å². The fourth-order valence-electron chi connectivity index (χ4n) is 3.74. The molecule has 0 spiro atoms. The van der Waals surface area contributed by atoms with Crippen LogP contribution in [0.1, 0.15) is 0 Å². The maximum absolute atomic E-state index is 13.3. The monoisotopic (exact) mass is 396 g/mol. The fourth-order valence-corrected chi connectivity index (χ4v) is 4.88.